The number of anilines is 1. The molecular formula is C22H24N2O4S2. The molecule has 0 fully saturated rings. The van der Waals surface area contributed by atoms with Crippen molar-refractivity contribution in [1.29, 1.82) is 0 Å². The average Bonchev–Trinajstić information content (AvgIpc) is 3.26. The molecule has 0 aliphatic heterocycles. The highest BCUT2D eigenvalue weighted by molar-refractivity contribution is 7.89. The Labute approximate surface area is 181 Å². The first-order chi connectivity index (χ1) is 14.4. The predicted molar refractivity (Wildman–Crippen MR) is 120 cm³/mol. The molecule has 0 saturated carbocycles. The van der Waals surface area contributed by atoms with Gasteiger partial charge in [0.15, 0.2) is 0 Å². The number of aryl methyl sites for hydroxylation is 1. The maximum Gasteiger partial charge on any atom is 0.255 e. The fraction of sp³-hybridized carbons (Fsp3) is 0.227. The molecule has 3 rings (SSSR count). The summed E-state index contributed by atoms with van der Waals surface area (Å²) in [5, 5.41) is 4.72. The molecule has 2 aromatic carbocycles. The Kier molecular flexibility index (Phi) is 7.25. The third-order valence-electron chi connectivity index (χ3n) is 4.34. The van der Waals surface area contributed by atoms with E-state index in [4.69, 9.17) is 4.74 Å². The monoisotopic (exact) mass is 444 g/mol. The van der Waals surface area contributed by atoms with Crippen LogP contribution in [0, 0.1) is 6.92 Å². The Morgan fingerprint density at radius 2 is 1.93 bits per heavy atom. The van der Waals surface area contributed by atoms with Crippen LogP contribution < -0.4 is 14.8 Å². The van der Waals surface area contributed by atoms with Crippen LogP contribution in [0.3, 0.4) is 0 Å². The van der Waals surface area contributed by atoms with Crippen LogP contribution in [0.2, 0.25) is 0 Å². The van der Waals surface area contributed by atoms with Crippen LogP contribution >= 0.6 is 11.3 Å². The second kappa shape index (κ2) is 9.88. The first-order valence-corrected chi connectivity index (χ1v) is 11.9. The van der Waals surface area contributed by atoms with E-state index in [-0.39, 0.29) is 22.9 Å². The molecule has 6 nitrogen and oxygen atoms in total. The topological polar surface area (TPSA) is 84.5 Å². The van der Waals surface area contributed by atoms with Crippen molar-refractivity contribution in [3.05, 3.63) is 76.0 Å². The molecule has 1 aromatic heterocycles. The van der Waals surface area contributed by atoms with E-state index in [1.54, 1.807) is 24.3 Å². The normalized spacial score (nSPS) is 11.3. The number of rotatable bonds is 9. The van der Waals surface area contributed by atoms with Crippen LogP contribution in [0.15, 0.2) is 64.9 Å². The first-order valence-electron chi connectivity index (χ1n) is 9.56. The molecule has 8 heteroatoms. The molecule has 0 spiro atoms. The minimum Gasteiger partial charge on any atom is -0.494 e. The Balaban J connectivity index is 1.71. The van der Waals surface area contributed by atoms with E-state index in [9.17, 15) is 13.2 Å². The van der Waals surface area contributed by atoms with Gasteiger partial charge in [0.2, 0.25) is 10.0 Å². The van der Waals surface area contributed by atoms with Gasteiger partial charge in [0.1, 0.15) is 5.75 Å². The number of hydrogen-bond acceptors (Lipinski definition) is 5. The zero-order valence-electron chi connectivity index (χ0n) is 16.8. The van der Waals surface area contributed by atoms with Crippen LogP contribution in [0.5, 0.6) is 5.75 Å². The van der Waals surface area contributed by atoms with Gasteiger partial charge >= 0.3 is 0 Å². The molecule has 0 aliphatic carbocycles. The van der Waals surface area contributed by atoms with Crippen LogP contribution in [0.1, 0.15) is 34.1 Å². The maximum absolute atomic E-state index is 12.7. The van der Waals surface area contributed by atoms with E-state index in [1.807, 2.05) is 37.4 Å². The van der Waals surface area contributed by atoms with Crippen molar-refractivity contribution in [3.8, 4) is 5.75 Å². The summed E-state index contributed by atoms with van der Waals surface area (Å²) in [5.74, 6) is 0.368. The lowest BCUT2D eigenvalue weighted by atomic mass is 10.1. The predicted octanol–water partition coefficient (Wildman–Crippen LogP) is 4.58. The molecule has 0 bridgehead atoms. The van der Waals surface area contributed by atoms with Gasteiger partial charge in [0.25, 0.3) is 5.91 Å². The molecule has 0 saturated heterocycles. The SMILES string of the molecule is CCCOc1ccc(NC(=O)c2cccc(S(=O)(=O)NCc3cccs3)c2)c(C)c1. The van der Waals surface area contributed by atoms with Crippen molar-refractivity contribution in [2.24, 2.45) is 0 Å². The van der Waals surface area contributed by atoms with Crippen molar-refractivity contribution < 1.29 is 17.9 Å². The van der Waals surface area contributed by atoms with E-state index in [0.717, 1.165) is 22.6 Å². The Morgan fingerprint density at radius 1 is 1.10 bits per heavy atom. The summed E-state index contributed by atoms with van der Waals surface area (Å²) in [4.78, 5) is 13.7. The lowest BCUT2D eigenvalue weighted by Crippen LogP contribution is -2.23. The molecule has 0 aliphatic rings. The minimum atomic E-state index is -3.73. The summed E-state index contributed by atoms with van der Waals surface area (Å²) in [5.41, 5.74) is 1.77. The van der Waals surface area contributed by atoms with Crippen molar-refractivity contribution >= 4 is 33.0 Å². The molecule has 3 aromatic rings. The Morgan fingerprint density at radius 3 is 2.63 bits per heavy atom. The largest absolute Gasteiger partial charge is 0.494 e. The van der Waals surface area contributed by atoms with Crippen LogP contribution in [-0.2, 0) is 16.6 Å². The lowest BCUT2D eigenvalue weighted by molar-refractivity contribution is 0.102. The van der Waals surface area contributed by atoms with Gasteiger partial charge < -0.3 is 10.1 Å². The summed E-state index contributed by atoms with van der Waals surface area (Å²) >= 11 is 1.47. The van der Waals surface area contributed by atoms with Crippen molar-refractivity contribution in [3.63, 3.8) is 0 Å². The number of sulfonamides is 1. The van der Waals surface area contributed by atoms with Gasteiger partial charge in [-0.1, -0.05) is 19.1 Å². The average molecular weight is 445 g/mol. The second-order valence-electron chi connectivity index (χ2n) is 6.71. The highest BCUT2D eigenvalue weighted by atomic mass is 32.2. The zero-order valence-corrected chi connectivity index (χ0v) is 18.5. The second-order valence-corrected chi connectivity index (χ2v) is 9.51. The summed E-state index contributed by atoms with van der Waals surface area (Å²) in [6.07, 6.45) is 0.916. The standard InChI is InChI=1S/C22H24N2O4S2/c1-3-11-28-18-9-10-21(16(2)13-18)24-22(25)17-6-4-8-20(14-17)30(26,27)23-15-19-7-5-12-29-19/h4-10,12-14,23H,3,11,15H2,1-2H3,(H,24,25). The fourth-order valence-electron chi connectivity index (χ4n) is 2.75. The number of nitrogens with one attached hydrogen (secondary N) is 2. The molecular weight excluding hydrogens is 420 g/mol. The number of amides is 1. The van der Waals surface area contributed by atoms with Crippen LogP contribution in [-0.4, -0.2) is 20.9 Å². The third-order valence-corrected chi connectivity index (χ3v) is 6.62. The van der Waals surface area contributed by atoms with Crippen molar-refractivity contribution in [2.45, 2.75) is 31.7 Å². The van der Waals surface area contributed by atoms with Gasteiger partial charge in [0, 0.05) is 22.7 Å². The van der Waals surface area contributed by atoms with Gasteiger partial charge in [-0.15, -0.1) is 11.3 Å². The van der Waals surface area contributed by atoms with Crippen LogP contribution in [0.4, 0.5) is 5.69 Å². The van der Waals surface area contributed by atoms with Gasteiger partial charge in [0.05, 0.1) is 11.5 Å². The molecule has 158 valence electrons. The molecule has 0 atom stereocenters. The molecule has 1 amide bonds. The maximum atomic E-state index is 12.7. The van der Waals surface area contributed by atoms with E-state index < -0.39 is 10.0 Å². The van der Waals surface area contributed by atoms with E-state index in [1.165, 1.54) is 23.5 Å². The zero-order chi connectivity index (χ0) is 21.6. The lowest BCUT2D eigenvalue weighted by Gasteiger charge is -2.12. The molecule has 2 N–H and O–H groups in total. The van der Waals surface area contributed by atoms with E-state index in [2.05, 4.69) is 10.0 Å². The molecule has 1 heterocycles. The van der Waals surface area contributed by atoms with Crippen molar-refractivity contribution in [2.75, 3.05) is 11.9 Å². The fourth-order valence-corrected chi connectivity index (χ4v) is 4.54. The number of ether oxygens (including phenoxy) is 1. The van der Waals surface area contributed by atoms with Gasteiger partial charge in [-0.2, -0.15) is 0 Å². The number of carbonyl (C=O) groups excluding carboxylic acids is 1. The number of hydrogen-bond donors (Lipinski definition) is 2. The Hall–Kier alpha value is -2.68. The third kappa shape index (κ3) is 5.69. The smallest absolute Gasteiger partial charge is 0.255 e. The Bertz CT molecular complexity index is 1110. The summed E-state index contributed by atoms with van der Waals surface area (Å²) in [6.45, 7) is 4.76. The van der Waals surface area contributed by atoms with Crippen LogP contribution in [0.25, 0.3) is 0 Å². The first kappa shape index (κ1) is 22.0. The minimum absolute atomic E-state index is 0.0479. The van der Waals surface area contributed by atoms with E-state index in [0.29, 0.717) is 12.3 Å². The quantitative estimate of drug-likeness (QED) is 0.506. The highest BCUT2D eigenvalue weighted by Gasteiger charge is 2.17. The number of benzene rings is 2. The van der Waals surface area contributed by atoms with Gasteiger partial charge in [-0.3, -0.25) is 4.79 Å². The van der Waals surface area contributed by atoms with Gasteiger partial charge in [-0.05, 0) is 66.8 Å². The summed E-state index contributed by atoms with van der Waals surface area (Å²) in [6, 6.07) is 15.2. The highest BCUT2D eigenvalue weighted by Crippen LogP contribution is 2.23. The molecule has 0 radical (unpaired) electrons. The number of carbonyl (C=O) groups is 1. The molecule has 30 heavy (non-hydrogen) atoms. The van der Waals surface area contributed by atoms with E-state index >= 15 is 0 Å². The van der Waals surface area contributed by atoms with Gasteiger partial charge in [-0.25, -0.2) is 13.1 Å². The van der Waals surface area contributed by atoms with Crippen molar-refractivity contribution in [1.82, 2.24) is 4.72 Å². The summed E-state index contributed by atoms with van der Waals surface area (Å²) in [7, 11) is -3.73. The molecule has 0 unspecified atom stereocenters. The number of thiophene rings is 1. The summed E-state index contributed by atoms with van der Waals surface area (Å²) < 4.78 is 33.3.